The summed E-state index contributed by atoms with van der Waals surface area (Å²) >= 11 is 0. The minimum atomic E-state index is -0.628. The number of rotatable bonds is 6. The highest BCUT2D eigenvalue weighted by Crippen LogP contribution is 2.12. The van der Waals surface area contributed by atoms with Crippen molar-refractivity contribution < 1.29 is 14.3 Å². The fraction of sp³-hybridized carbons (Fsp3) is 0.263. The number of ether oxygens (including phenoxy) is 1. The van der Waals surface area contributed by atoms with Crippen LogP contribution in [0.1, 0.15) is 24.1 Å². The monoisotopic (exact) mass is 326 g/mol. The van der Waals surface area contributed by atoms with Crippen molar-refractivity contribution in [3.63, 3.8) is 0 Å². The van der Waals surface area contributed by atoms with E-state index in [-0.39, 0.29) is 6.04 Å². The normalized spacial score (nSPS) is 11.4. The van der Waals surface area contributed by atoms with E-state index < -0.39 is 11.8 Å². The van der Waals surface area contributed by atoms with Gasteiger partial charge in [-0.05, 0) is 36.6 Å². The Bertz CT molecular complexity index is 686. The second-order valence-electron chi connectivity index (χ2n) is 5.46. The van der Waals surface area contributed by atoms with Gasteiger partial charge in [-0.1, -0.05) is 42.5 Å². The molecule has 2 aromatic rings. The fourth-order valence-corrected chi connectivity index (χ4v) is 2.32. The zero-order valence-electron chi connectivity index (χ0n) is 13.9. The fourth-order valence-electron chi connectivity index (χ4n) is 2.32. The molecule has 0 aliphatic rings. The summed E-state index contributed by atoms with van der Waals surface area (Å²) in [4.78, 5) is 23.8. The molecule has 0 fully saturated rings. The second kappa shape index (κ2) is 8.72. The Kier molecular flexibility index (Phi) is 6.37. The molecule has 1 atom stereocenters. The van der Waals surface area contributed by atoms with Crippen LogP contribution in [-0.4, -0.2) is 25.5 Å². The van der Waals surface area contributed by atoms with Gasteiger partial charge < -0.3 is 15.4 Å². The molecule has 5 nitrogen and oxygen atoms in total. The molecule has 126 valence electrons. The zero-order valence-corrected chi connectivity index (χ0v) is 13.9. The number of hydrogen-bond acceptors (Lipinski definition) is 3. The van der Waals surface area contributed by atoms with Crippen LogP contribution < -0.4 is 15.4 Å². The molecular formula is C19H22N2O3. The minimum absolute atomic E-state index is 0.220. The van der Waals surface area contributed by atoms with Gasteiger partial charge in [-0.15, -0.1) is 0 Å². The molecule has 2 rings (SSSR count). The lowest BCUT2D eigenvalue weighted by Gasteiger charge is -2.14. The van der Waals surface area contributed by atoms with Crippen molar-refractivity contribution in [2.75, 3.05) is 13.7 Å². The standard InChI is InChI=1S/C19H22N2O3/c1-14(16-8-4-3-5-9-16)21-19(23)18(22)20-12-11-15-7-6-10-17(13-15)24-2/h3-10,13-14H,11-12H2,1-2H3,(H,20,22)(H,21,23). The van der Waals surface area contributed by atoms with E-state index in [0.717, 1.165) is 16.9 Å². The Morgan fingerprint density at radius 2 is 1.79 bits per heavy atom. The molecule has 0 saturated heterocycles. The van der Waals surface area contributed by atoms with Crippen LogP contribution in [0.15, 0.2) is 54.6 Å². The first-order chi connectivity index (χ1) is 11.6. The van der Waals surface area contributed by atoms with Gasteiger partial charge in [-0.25, -0.2) is 0 Å². The predicted molar refractivity (Wildman–Crippen MR) is 92.7 cm³/mol. The molecule has 0 heterocycles. The Hall–Kier alpha value is -2.82. The predicted octanol–water partition coefficient (Wildman–Crippen LogP) is 2.23. The highest BCUT2D eigenvalue weighted by Gasteiger charge is 2.16. The molecule has 0 aliphatic carbocycles. The van der Waals surface area contributed by atoms with Crippen LogP contribution in [-0.2, 0) is 16.0 Å². The molecule has 2 amide bonds. The van der Waals surface area contributed by atoms with Crippen LogP contribution in [0.5, 0.6) is 5.75 Å². The van der Waals surface area contributed by atoms with Gasteiger partial charge in [-0.3, -0.25) is 9.59 Å². The van der Waals surface area contributed by atoms with Gasteiger partial charge in [0.2, 0.25) is 0 Å². The number of carbonyl (C=O) groups excluding carboxylic acids is 2. The number of carbonyl (C=O) groups is 2. The van der Waals surface area contributed by atoms with Crippen molar-refractivity contribution in [2.24, 2.45) is 0 Å². The highest BCUT2D eigenvalue weighted by atomic mass is 16.5. The largest absolute Gasteiger partial charge is 0.497 e. The van der Waals surface area contributed by atoms with Crippen molar-refractivity contribution >= 4 is 11.8 Å². The van der Waals surface area contributed by atoms with E-state index in [1.54, 1.807) is 7.11 Å². The molecule has 1 unspecified atom stereocenters. The first-order valence-corrected chi connectivity index (χ1v) is 7.86. The summed E-state index contributed by atoms with van der Waals surface area (Å²) < 4.78 is 5.15. The van der Waals surface area contributed by atoms with Crippen molar-refractivity contribution in [1.82, 2.24) is 10.6 Å². The second-order valence-corrected chi connectivity index (χ2v) is 5.46. The third kappa shape index (κ3) is 5.12. The Labute approximate surface area is 142 Å². The van der Waals surface area contributed by atoms with Gasteiger partial charge >= 0.3 is 11.8 Å². The average Bonchev–Trinajstić information content (AvgIpc) is 2.62. The maximum atomic E-state index is 11.9. The lowest BCUT2D eigenvalue weighted by atomic mass is 10.1. The van der Waals surface area contributed by atoms with Gasteiger partial charge in [0.1, 0.15) is 5.75 Å². The van der Waals surface area contributed by atoms with Crippen LogP contribution >= 0.6 is 0 Å². The molecule has 2 N–H and O–H groups in total. The smallest absolute Gasteiger partial charge is 0.309 e. The van der Waals surface area contributed by atoms with Crippen molar-refractivity contribution in [1.29, 1.82) is 0 Å². The summed E-state index contributed by atoms with van der Waals surface area (Å²) in [5.74, 6) is -0.481. The van der Waals surface area contributed by atoms with E-state index in [9.17, 15) is 9.59 Å². The van der Waals surface area contributed by atoms with Gasteiger partial charge in [-0.2, -0.15) is 0 Å². The van der Waals surface area contributed by atoms with Gasteiger partial charge in [0.25, 0.3) is 0 Å². The number of methoxy groups -OCH3 is 1. The van der Waals surface area contributed by atoms with Crippen LogP contribution in [0, 0.1) is 0 Å². The lowest BCUT2D eigenvalue weighted by molar-refractivity contribution is -0.139. The molecular weight excluding hydrogens is 304 g/mol. The summed E-state index contributed by atoms with van der Waals surface area (Å²) in [7, 11) is 1.61. The first-order valence-electron chi connectivity index (χ1n) is 7.86. The Balaban J connectivity index is 1.78. The summed E-state index contributed by atoms with van der Waals surface area (Å²) in [6.07, 6.45) is 0.629. The molecule has 0 aliphatic heterocycles. The van der Waals surface area contributed by atoms with Crippen molar-refractivity contribution in [2.45, 2.75) is 19.4 Å². The van der Waals surface area contributed by atoms with E-state index in [2.05, 4.69) is 10.6 Å². The molecule has 0 aromatic heterocycles. The summed E-state index contributed by atoms with van der Waals surface area (Å²) in [6, 6.07) is 16.9. The van der Waals surface area contributed by atoms with E-state index in [1.807, 2.05) is 61.5 Å². The van der Waals surface area contributed by atoms with Crippen LogP contribution in [0.3, 0.4) is 0 Å². The van der Waals surface area contributed by atoms with Crippen molar-refractivity contribution in [3.8, 4) is 5.75 Å². The first kappa shape index (κ1) is 17.5. The Morgan fingerprint density at radius 1 is 1.04 bits per heavy atom. The van der Waals surface area contributed by atoms with Gasteiger partial charge in [0.05, 0.1) is 13.2 Å². The van der Waals surface area contributed by atoms with E-state index in [0.29, 0.717) is 13.0 Å². The summed E-state index contributed by atoms with van der Waals surface area (Å²) in [5.41, 5.74) is 1.99. The zero-order chi connectivity index (χ0) is 17.4. The number of hydrogen-bond donors (Lipinski definition) is 2. The third-order valence-electron chi connectivity index (χ3n) is 3.69. The summed E-state index contributed by atoms with van der Waals surface area (Å²) in [6.45, 7) is 2.23. The molecule has 0 radical (unpaired) electrons. The minimum Gasteiger partial charge on any atom is -0.497 e. The quantitative estimate of drug-likeness (QED) is 0.800. The molecule has 0 saturated carbocycles. The van der Waals surface area contributed by atoms with E-state index in [4.69, 9.17) is 4.74 Å². The van der Waals surface area contributed by atoms with Gasteiger partial charge in [0.15, 0.2) is 0 Å². The lowest BCUT2D eigenvalue weighted by Crippen LogP contribution is -2.41. The Morgan fingerprint density at radius 3 is 2.50 bits per heavy atom. The van der Waals surface area contributed by atoms with Crippen LogP contribution in [0.2, 0.25) is 0 Å². The average molecular weight is 326 g/mol. The number of nitrogens with one attached hydrogen (secondary N) is 2. The molecule has 0 spiro atoms. The maximum absolute atomic E-state index is 11.9. The SMILES string of the molecule is COc1cccc(CCNC(=O)C(=O)NC(C)c2ccccc2)c1. The van der Waals surface area contributed by atoms with E-state index >= 15 is 0 Å². The highest BCUT2D eigenvalue weighted by molar-refractivity contribution is 6.35. The van der Waals surface area contributed by atoms with Gasteiger partial charge in [0, 0.05) is 6.54 Å². The molecule has 24 heavy (non-hydrogen) atoms. The maximum Gasteiger partial charge on any atom is 0.309 e. The van der Waals surface area contributed by atoms with E-state index in [1.165, 1.54) is 0 Å². The van der Waals surface area contributed by atoms with Crippen molar-refractivity contribution in [3.05, 3.63) is 65.7 Å². The molecule has 0 bridgehead atoms. The topological polar surface area (TPSA) is 67.4 Å². The number of benzene rings is 2. The molecule has 2 aromatic carbocycles. The third-order valence-corrected chi connectivity index (χ3v) is 3.69. The molecule has 5 heteroatoms. The number of amides is 2. The summed E-state index contributed by atoms with van der Waals surface area (Å²) in [5, 5.41) is 5.33. The van der Waals surface area contributed by atoms with Crippen LogP contribution in [0.4, 0.5) is 0 Å². The van der Waals surface area contributed by atoms with Crippen LogP contribution in [0.25, 0.3) is 0 Å².